The maximum absolute atomic E-state index is 12.8. The molecular formula is C14H23N3O3S2. The van der Waals surface area contributed by atoms with Crippen molar-refractivity contribution in [2.24, 2.45) is 0 Å². The zero-order chi connectivity index (χ0) is 16.2. The Bertz CT molecular complexity index is 607. The molecule has 1 aliphatic rings. The Morgan fingerprint density at radius 1 is 1.45 bits per heavy atom. The lowest BCUT2D eigenvalue weighted by molar-refractivity contribution is 0.0647. The number of rotatable bonds is 6. The van der Waals surface area contributed by atoms with Gasteiger partial charge in [-0.2, -0.15) is 0 Å². The maximum Gasteiger partial charge on any atom is 0.264 e. The molecule has 0 spiro atoms. The van der Waals surface area contributed by atoms with Crippen LogP contribution in [0.2, 0.25) is 0 Å². The average molecular weight is 345 g/mol. The first-order chi connectivity index (χ1) is 10.5. The van der Waals surface area contributed by atoms with Crippen LogP contribution in [-0.2, 0) is 10.0 Å². The van der Waals surface area contributed by atoms with Crippen LogP contribution in [0.15, 0.2) is 16.3 Å². The molecule has 1 aromatic heterocycles. The van der Waals surface area contributed by atoms with Crippen molar-refractivity contribution in [3.63, 3.8) is 0 Å². The Morgan fingerprint density at radius 2 is 2.14 bits per heavy atom. The zero-order valence-corrected chi connectivity index (χ0v) is 14.6. The maximum atomic E-state index is 12.8. The van der Waals surface area contributed by atoms with E-state index in [-0.39, 0.29) is 16.8 Å². The number of carbonyl (C=O) groups is 1. The van der Waals surface area contributed by atoms with Crippen LogP contribution in [0.3, 0.4) is 0 Å². The molecule has 8 heteroatoms. The fourth-order valence-corrected chi connectivity index (χ4v) is 4.60. The highest BCUT2D eigenvalue weighted by Crippen LogP contribution is 2.23. The van der Waals surface area contributed by atoms with Crippen LogP contribution in [0.5, 0.6) is 0 Å². The summed E-state index contributed by atoms with van der Waals surface area (Å²) in [7, 11) is -2.13. The van der Waals surface area contributed by atoms with Gasteiger partial charge in [0, 0.05) is 18.0 Å². The molecule has 0 aromatic carbocycles. The number of carbonyl (C=O) groups excluding carboxylic acids is 1. The number of nitrogens with one attached hydrogen (secondary N) is 2. The molecular weight excluding hydrogens is 322 g/mol. The Hall–Kier alpha value is -0.960. The third-order valence-electron chi connectivity index (χ3n) is 3.84. The molecule has 22 heavy (non-hydrogen) atoms. The molecule has 0 saturated carbocycles. The van der Waals surface area contributed by atoms with Crippen molar-refractivity contribution in [1.29, 1.82) is 0 Å². The Morgan fingerprint density at radius 3 is 2.73 bits per heavy atom. The molecule has 0 bridgehead atoms. The lowest BCUT2D eigenvalue weighted by Crippen LogP contribution is -2.46. The standard InChI is InChI=1S/C14H23N3O3S2/c1-3-8-17(11-4-6-16-7-5-11)14(18)13-9-12(10-21-13)22(19,20)15-2/h9-11,15-16H,3-8H2,1-2H3. The second-order valence-corrected chi connectivity index (χ2v) is 8.13. The van der Waals surface area contributed by atoms with Gasteiger partial charge < -0.3 is 10.2 Å². The van der Waals surface area contributed by atoms with Gasteiger partial charge in [0.15, 0.2) is 0 Å². The Balaban J connectivity index is 2.20. The largest absolute Gasteiger partial charge is 0.335 e. The van der Waals surface area contributed by atoms with Crippen LogP contribution < -0.4 is 10.0 Å². The van der Waals surface area contributed by atoms with E-state index in [0.717, 1.165) is 32.4 Å². The van der Waals surface area contributed by atoms with E-state index >= 15 is 0 Å². The highest BCUT2D eigenvalue weighted by Gasteiger charge is 2.27. The summed E-state index contributed by atoms with van der Waals surface area (Å²) in [6.07, 6.45) is 2.78. The van der Waals surface area contributed by atoms with E-state index in [1.165, 1.54) is 29.8 Å². The quantitative estimate of drug-likeness (QED) is 0.814. The van der Waals surface area contributed by atoms with Crippen LogP contribution in [0, 0.1) is 0 Å². The summed E-state index contributed by atoms with van der Waals surface area (Å²) >= 11 is 1.19. The molecule has 2 N–H and O–H groups in total. The highest BCUT2D eigenvalue weighted by atomic mass is 32.2. The smallest absolute Gasteiger partial charge is 0.264 e. The summed E-state index contributed by atoms with van der Waals surface area (Å²) in [4.78, 5) is 15.3. The van der Waals surface area contributed by atoms with Crippen molar-refractivity contribution >= 4 is 27.3 Å². The molecule has 1 aromatic rings. The molecule has 2 rings (SSSR count). The first-order valence-electron chi connectivity index (χ1n) is 7.53. The third kappa shape index (κ3) is 3.87. The van der Waals surface area contributed by atoms with Crippen LogP contribution in [-0.4, -0.2) is 51.9 Å². The molecule has 0 radical (unpaired) electrons. The lowest BCUT2D eigenvalue weighted by atomic mass is 10.0. The summed E-state index contributed by atoms with van der Waals surface area (Å²) in [5, 5.41) is 4.82. The van der Waals surface area contributed by atoms with Crippen molar-refractivity contribution in [2.45, 2.75) is 37.1 Å². The van der Waals surface area contributed by atoms with Gasteiger partial charge in [0.25, 0.3) is 5.91 Å². The summed E-state index contributed by atoms with van der Waals surface area (Å²) in [5.74, 6) is -0.0590. The van der Waals surface area contributed by atoms with Crippen molar-refractivity contribution in [1.82, 2.24) is 14.9 Å². The molecule has 6 nitrogen and oxygen atoms in total. The predicted molar refractivity (Wildman–Crippen MR) is 87.8 cm³/mol. The van der Waals surface area contributed by atoms with E-state index in [0.29, 0.717) is 11.4 Å². The second-order valence-electron chi connectivity index (χ2n) is 5.33. The van der Waals surface area contributed by atoms with Gasteiger partial charge in [-0.05, 0) is 45.5 Å². The molecule has 1 fully saturated rings. The molecule has 124 valence electrons. The van der Waals surface area contributed by atoms with E-state index in [4.69, 9.17) is 0 Å². The first kappa shape index (κ1) is 17.4. The van der Waals surface area contributed by atoms with E-state index in [1.807, 2.05) is 11.8 Å². The number of thiophene rings is 1. The SMILES string of the molecule is CCCN(C(=O)c1cc(S(=O)(=O)NC)cs1)C1CCNCC1. The number of piperidine rings is 1. The first-order valence-corrected chi connectivity index (χ1v) is 9.89. The van der Waals surface area contributed by atoms with Crippen molar-refractivity contribution in [3.8, 4) is 0 Å². The summed E-state index contributed by atoms with van der Waals surface area (Å²) in [6, 6.07) is 1.71. The molecule has 1 amide bonds. The van der Waals surface area contributed by atoms with Crippen molar-refractivity contribution in [3.05, 3.63) is 16.3 Å². The van der Waals surface area contributed by atoms with Gasteiger partial charge >= 0.3 is 0 Å². The topological polar surface area (TPSA) is 78.5 Å². The van der Waals surface area contributed by atoms with Gasteiger partial charge in [0.2, 0.25) is 10.0 Å². The van der Waals surface area contributed by atoms with E-state index in [2.05, 4.69) is 10.0 Å². The van der Waals surface area contributed by atoms with Gasteiger partial charge in [-0.25, -0.2) is 13.1 Å². The molecule has 1 saturated heterocycles. The van der Waals surface area contributed by atoms with E-state index < -0.39 is 10.0 Å². The zero-order valence-electron chi connectivity index (χ0n) is 13.0. The van der Waals surface area contributed by atoms with Crippen LogP contribution in [0.25, 0.3) is 0 Å². The number of amides is 1. The number of nitrogens with zero attached hydrogens (tertiary/aromatic N) is 1. The summed E-state index contributed by atoms with van der Waals surface area (Å²) in [6.45, 7) is 4.59. The minimum Gasteiger partial charge on any atom is -0.335 e. The fourth-order valence-electron chi connectivity index (χ4n) is 2.64. The molecule has 0 atom stereocenters. The second kappa shape index (κ2) is 7.54. The lowest BCUT2D eigenvalue weighted by Gasteiger charge is -2.34. The van der Waals surface area contributed by atoms with Crippen molar-refractivity contribution in [2.75, 3.05) is 26.7 Å². The average Bonchev–Trinajstić information content (AvgIpc) is 3.03. The minimum atomic E-state index is -3.49. The third-order valence-corrected chi connectivity index (χ3v) is 6.30. The van der Waals surface area contributed by atoms with Crippen LogP contribution in [0.4, 0.5) is 0 Å². The number of hydrogen-bond acceptors (Lipinski definition) is 5. The monoisotopic (exact) mass is 345 g/mol. The van der Waals surface area contributed by atoms with Gasteiger partial charge in [-0.1, -0.05) is 6.92 Å². The van der Waals surface area contributed by atoms with Gasteiger partial charge in [0.05, 0.1) is 9.77 Å². The minimum absolute atomic E-state index is 0.0590. The molecule has 0 aliphatic carbocycles. The summed E-state index contributed by atoms with van der Waals surface area (Å²) in [5.41, 5.74) is 0. The predicted octanol–water partition coefficient (Wildman–Crippen LogP) is 1.26. The van der Waals surface area contributed by atoms with Gasteiger partial charge in [-0.15, -0.1) is 11.3 Å². The molecule has 0 unspecified atom stereocenters. The van der Waals surface area contributed by atoms with Gasteiger partial charge in [0.1, 0.15) is 0 Å². The molecule has 2 heterocycles. The number of hydrogen-bond donors (Lipinski definition) is 2. The van der Waals surface area contributed by atoms with Crippen molar-refractivity contribution < 1.29 is 13.2 Å². The highest BCUT2D eigenvalue weighted by molar-refractivity contribution is 7.89. The van der Waals surface area contributed by atoms with Crippen LogP contribution in [0.1, 0.15) is 35.9 Å². The Kier molecular flexibility index (Phi) is 5.96. The van der Waals surface area contributed by atoms with Crippen LogP contribution >= 0.6 is 11.3 Å². The number of sulfonamides is 1. The normalized spacial score (nSPS) is 16.6. The Labute approximate surface area is 135 Å². The fraction of sp³-hybridized carbons (Fsp3) is 0.643. The molecule has 1 aliphatic heterocycles. The summed E-state index contributed by atoms with van der Waals surface area (Å²) < 4.78 is 25.9. The van der Waals surface area contributed by atoms with E-state index in [1.54, 1.807) is 0 Å². The van der Waals surface area contributed by atoms with E-state index in [9.17, 15) is 13.2 Å². The van der Waals surface area contributed by atoms with Gasteiger partial charge in [-0.3, -0.25) is 4.79 Å².